The number of nitrogens with one attached hydrogen (secondary N) is 2. The zero-order chi connectivity index (χ0) is 19.8. The average molecular weight is 381 g/mol. The molecule has 2 aliphatic heterocycles. The van der Waals surface area contributed by atoms with Crippen LogP contribution in [0.3, 0.4) is 0 Å². The second-order valence-electron chi connectivity index (χ2n) is 7.17. The largest absolute Gasteiger partial charge is 0.381 e. The van der Waals surface area contributed by atoms with Crippen LogP contribution in [0.25, 0.3) is 0 Å². The van der Waals surface area contributed by atoms with Gasteiger partial charge in [-0.25, -0.2) is 4.39 Å². The fourth-order valence-corrected chi connectivity index (χ4v) is 3.69. The number of rotatable bonds is 4. The third-order valence-corrected chi connectivity index (χ3v) is 5.30. The standard InChI is InChI=1S/C21H20FN3O3/c1-12-5-6-13(9-16(12)22)10-23-17-4-2-3-14-15(17)11-25(21(14)28)18-7-8-19(26)24-20(18)27/h2-6,9,18,23H,7-8,10-11H2,1H3,(H,24,26,27). The summed E-state index contributed by atoms with van der Waals surface area (Å²) in [6.07, 6.45) is 0.552. The molecule has 0 bridgehead atoms. The lowest BCUT2D eigenvalue weighted by Gasteiger charge is -2.29. The van der Waals surface area contributed by atoms with E-state index in [1.165, 1.54) is 11.0 Å². The first-order chi connectivity index (χ1) is 13.4. The molecule has 28 heavy (non-hydrogen) atoms. The van der Waals surface area contributed by atoms with Gasteiger partial charge in [0, 0.05) is 36.3 Å². The first kappa shape index (κ1) is 18.2. The molecular weight excluding hydrogens is 361 g/mol. The highest BCUT2D eigenvalue weighted by Crippen LogP contribution is 2.32. The first-order valence-electron chi connectivity index (χ1n) is 9.19. The monoisotopic (exact) mass is 381 g/mol. The van der Waals surface area contributed by atoms with Crippen LogP contribution in [0, 0.1) is 12.7 Å². The van der Waals surface area contributed by atoms with Gasteiger partial charge in [-0.15, -0.1) is 0 Å². The van der Waals surface area contributed by atoms with E-state index in [-0.39, 0.29) is 24.1 Å². The number of carbonyl (C=O) groups is 3. The van der Waals surface area contributed by atoms with Crippen LogP contribution in [0.2, 0.25) is 0 Å². The van der Waals surface area contributed by atoms with Crippen molar-refractivity contribution in [2.24, 2.45) is 0 Å². The Hall–Kier alpha value is -3.22. The lowest BCUT2D eigenvalue weighted by Crippen LogP contribution is -2.52. The molecule has 0 aliphatic carbocycles. The molecule has 4 rings (SSSR count). The summed E-state index contributed by atoms with van der Waals surface area (Å²) in [5, 5.41) is 5.57. The van der Waals surface area contributed by atoms with Crippen molar-refractivity contribution >= 4 is 23.4 Å². The van der Waals surface area contributed by atoms with E-state index < -0.39 is 11.9 Å². The fourth-order valence-electron chi connectivity index (χ4n) is 3.69. The van der Waals surface area contributed by atoms with Gasteiger partial charge in [-0.1, -0.05) is 18.2 Å². The second kappa shape index (κ2) is 7.07. The Morgan fingerprint density at radius 1 is 1.21 bits per heavy atom. The molecule has 144 valence electrons. The van der Waals surface area contributed by atoms with Crippen molar-refractivity contribution < 1.29 is 18.8 Å². The van der Waals surface area contributed by atoms with Gasteiger partial charge in [0.15, 0.2) is 0 Å². The summed E-state index contributed by atoms with van der Waals surface area (Å²) in [6, 6.07) is 9.82. The lowest BCUT2D eigenvalue weighted by atomic mass is 10.0. The smallest absolute Gasteiger partial charge is 0.255 e. The highest BCUT2D eigenvalue weighted by Gasteiger charge is 2.39. The van der Waals surface area contributed by atoms with Gasteiger partial charge in [-0.3, -0.25) is 19.7 Å². The Balaban J connectivity index is 1.53. The van der Waals surface area contributed by atoms with E-state index in [9.17, 15) is 18.8 Å². The molecule has 2 heterocycles. The van der Waals surface area contributed by atoms with E-state index in [0.717, 1.165) is 16.8 Å². The summed E-state index contributed by atoms with van der Waals surface area (Å²) < 4.78 is 13.8. The number of benzene rings is 2. The van der Waals surface area contributed by atoms with Gasteiger partial charge in [0.2, 0.25) is 11.8 Å². The number of anilines is 1. The number of amides is 3. The normalized spacial score (nSPS) is 18.9. The molecule has 7 heteroatoms. The van der Waals surface area contributed by atoms with Gasteiger partial charge in [-0.2, -0.15) is 0 Å². The number of hydrogen-bond donors (Lipinski definition) is 2. The third-order valence-electron chi connectivity index (χ3n) is 5.30. The Kier molecular flexibility index (Phi) is 4.58. The van der Waals surface area contributed by atoms with Crippen LogP contribution in [-0.4, -0.2) is 28.7 Å². The topological polar surface area (TPSA) is 78.5 Å². The molecule has 0 spiro atoms. The van der Waals surface area contributed by atoms with E-state index >= 15 is 0 Å². The number of halogens is 1. The number of aryl methyl sites for hydroxylation is 1. The van der Waals surface area contributed by atoms with E-state index in [1.807, 2.05) is 12.1 Å². The highest BCUT2D eigenvalue weighted by molar-refractivity contribution is 6.06. The van der Waals surface area contributed by atoms with Crippen LogP contribution in [0.4, 0.5) is 10.1 Å². The number of carbonyl (C=O) groups excluding carboxylic acids is 3. The Morgan fingerprint density at radius 2 is 2.04 bits per heavy atom. The number of piperidine rings is 1. The van der Waals surface area contributed by atoms with Crippen molar-refractivity contribution in [3.8, 4) is 0 Å². The predicted octanol–water partition coefficient (Wildman–Crippen LogP) is 2.51. The van der Waals surface area contributed by atoms with Crippen LogP contribution in [0.5, 0.6) is 0 Å². The average Bonchev–Trinajstić information content (AvgIpc) is 3.00. The zero-order valence-corrected chi connectivity index (χ0v) is 15.4. The SMILES string of the molecule is Cc1ccc(CNc2cccc3c2CN(C2CCC(=O)NC2=O)C3=O)cc1F. The fraction of sp³-hybridized carbons (Fsp3) is 0.286. The van der Waals surface area contributed by atoms with E-state index in [4.69, 9.17) is 0 Å². The van der Waals surface area contributed by atoms with Gasteiger partial charge in [0.1, 0.15) is 11.9 Å². The number of hydrogen-bond acceptors (Lipinski definition) is 4. The van der Waals surface area contributed by atoms with E-state index in [2.05, 4.69) is 10.6 Å². The maximum Gasteiger partial charge on any atom is 0.255 e. The van der Waals surface area contributed by atoms with Crippen molar-refractivity contribution in [1.82, 2.24) is 10.2 Å². The molecule has 1 saturated heterocycles. The first-order valence-corrected chi connectivity index (χ1v) is 9.19. The Morgan fingerprint density at radius 3 is 2.79 bits per heavy atom. The molecule has 2 N–H and O–H groups in total. The molecule has 0 radical (unpaired) electrons. The van der Waals surface area contributed by atoms with E-state index in [0.29, 0.717) is 30.6 Å². The quantitative estimate of drug-likeness (QED) is 0.798. The van der Waals surface area contributed by atoms with Crippen LogP contribution in [-0.2, 0) is 22.7 Å². The molecule has 6 nitrogen and oxygen atoms in total. The summed E-state index contributed by atoms with van der Waals surface area (Å²) in [5.74, 6) is -1.20. The number of imide groups is 1. The molecule has 3 amide bonds. The number of nitrogens with zero attached hydrogens (tertiary/aromatic N) is 1. The number of fused-ring (bicyclic) bond motifs is 1. The van der Waals surface area contributed by atoms with Gasteiger partial charge >= 0.3 is 0 Å². The van der Waals surface area contributed by atoms with Crippen LogP contribution < -0.4 is 10.6 Å². The summed E-state index contributed by atoms with van der Waals surface area (Å²) >= 11 is 0. The molecule has 1 unspecified atom stereocenters. The molecule has 1 fully saturated rings. The molecule has 2 aliphatic rings. The van der Waals surface area contributed by atoms with Crippen molar-refractivity contribution in [2.75, 3.05) is 5.32 Å². The van der Waals surface area contributed by atoms with Gasteiger partial charge < -0.3 is 10.2 Å². The summed E-state index contributed by atoms with van der Waals surface area (Å²) in [4.78, 5) is 37.9. The Bertz CT molecular complexity index is 989. The third kappa shape index (κ3) is 3.24. The van der Waals surface area contributed by atoms with Crippen molar-refractivity contribution in [3.63, 3.8) is 0 Å². The molecule has 0 saturated carbocycles. The molecule has 1 atom stereocenters. The Labute approximate surface area is 161 Å². The van der Waals surface area contributed by atoms with Crippen molar-refractivity contribution in [1.29, 1.82) is 0 Å². The molecule has 2 aromatic carbocycles. The summed E-state index contributed by atoms with van der Waals surface area (Å²) in [5.41, 5.74) is 3.53. The van der Waals surface area contributed by atoms with Gasteiger partial charge in [0.05, 0.1) is 0 Å². The minimum absolute atomic E-state index is 0.213. The predicted molar refractivity (Wildman–Crippen MR) is 101 cm³/mol. The maximum atomic E-state index is 13.8. The molecule has 2 aromatic rings. The van der Waals surface area contributed by atoms with Gasteiger partial charge in [-0.05, 0) is 42.7 Å². The van der Waals surface area contributed by atoms with Crippen molar-refractivity contribution in [2.45, 2.75) is 38.9 Å². The second-order valence-corrected chi connectivity index (χ2v) is 7.17. The summed E-state index contributed by atoms with van der Waals surface area (Å²) in [7, 11) is 0. The minimum atomic E-state index is -0.642. The minimum Gasteiger partial charge on any atom is -0.381 e. The van der Waals surface area contributed by atoms with Crippen LogP contribution >= 0.6 is 0 Å². The zero-order valence-electron chi connectivity index (χ0n) is 15.4. The molecular formula is C21H20FN3O3. The molecule has 0 aromatic heterocycles. The highest BCUT2D eigenvalue weighted by atomic mass is 19.1. The lowest BCUT2D eigenvalue weighted by molar-refractivity contribution is -0.136. The van der Waals surface area contributed by atoms with Gasteiger partial charge in [0.25, 0.3) is 5.91 Å². The van der Waals surface area contributed by atoms with E-state index in [1.54, 1.807) is 25.1 Å². The van der Waals surface area contributed by atoms with Crippen LogP contribution in [0.15, 0.2) is 36.4 Å². The summed E-state index contributed by atoms with van der Waals surface area (Å²) in [6.45, 7) is 2.43. The maximum absolute atomic E-state index is 13.8. The van der Waals surface area contributed by atoms with Crippen molar-refractivity contribution in [3.05, 3.63) is 64.5 Å². The van der Waals surface area contributed by atoms with Crippen LogP contribution in [0.1, 0.15) is 39.9 Å².